The Balaban J connectivity index is 2.70. The maximum absolute atomic E-state index is 13.3. The van der Waals surface area contributed by atoms with E-state index in [1.807, 2.05) is 0 Å². The first-order valence-corrected chi connectivity index (χ1v) is 4.18. The molecule has 2 rings (SSSR count). The van der Waals surface area contributed by atoms with Crippen LogP contribution >= 0.6 is 0 Å². The predicted octanol–water partition coefficient (Wildman–Crippen LogP) is 1.72. The first-order valence-electron chi connectivity index (χ1n) is 4.18. The van der Waals surface area contributed by atoms with Crippen molar-refractivity contribution in [2.24, 2.45) is 0 Å². The highest BCUT2D eigenvalue weighted by atomic mass is 19.2. The predicted molar refractivity (Wildman–Crippen MR) is 50.2 cm³/mol. The van der Waals surface area contributed by atoms with Gasteiger partial charge in [-0.2, -0.15) is 0 Å². The van der Waals surface area contributed by atoms with E-state index in [1.165, 1.54) is 24.5 Å². The van der Waals surface area contributed by atoms with Crippen LogP contribution in [0.5, 0.6) is 0 Å². The first kappa shape index (κ1) is 9.51. The van der Waals surface area contributed by atoms with E-state index in [0.717, 1.165) is 6.07 Å². The minimum Gasteiger partial charge on any atom is -0.326 e. The average Bonchev–Trinajstić information content (AvgIpc) is 2.23. The number of H-pyrrole nitrogens is 1. The van der Waals surface area contributed by atoms with Gasteiger partial charge in [0.05, 0.1) is 0 Å². The summed E-state index contributed by atoms with van der Waals surface area (Å²) in [6.07, 6.45) is 2.63. The minimum atomic E-state index is -1.07. The van der Waals surface area contributed by atoms with E-state index in [0.29, 0.717) is 0 Å². The molecule has 0 aliphatic carbocycles. The molecule has 1 aromatic carbocycles. The van der Waals surface area contributed by atoms with Crippen molar-refractivity contribution >= 4 is 0 Å². The Hall–Kier alpha value is -2.04. The van der Waals surface area contributed by atoms with Gasteiger partial charge in [0.25, 0.3) is 5.56 Å². The van der Waals surface area contributed by atoms with Crippen molar-refractivity contribution in [2.45, 2.75) is 0 Å². The lowest BCUT2D eigenvalue weighted by Gasteiger charge is -2.01. The molecule has 0 fully saturated rings. The fourth-order valence-electron chi connectivity index (χ4n) is 1.23. The van der Waals surface area contributed by atoms with Crippen molar-refractivity contribution in [3.8, 4) is 11.3 Å². The van der Waals surface area contributed by atoms with Crippen LogP contribution in [-0.4, -0.2) is 9.97 Å². The lowest BCUT2D eigenvalue weighted by molar-refractivity contribution is 0.511. The molecule has 2 aromatic rings. The van der Waals surface area contributed by atoms with E-state index < -0.39 is 17.2 Å². The van der Waals surface area contributed by atoms with Crippen LogP contribution < -0.4 is 5.56 Å². The highest BCUT2D eigenvalue weighted by Gasteiger charge is 2.12. The van der Waals surface area contributed by atoms with Crippen molar-refractivity contribution in [3.05, 3.63) is 52.6 Å². The van der Waals surface area contributed by atoms with Gasteiger partial charge in [0, 0.05) is 18.0 Å². The Morgan fingerprint density at radius 2 is 2.07 bits per heavy atom. The summed E-state index contributed by atoms with van der Waals surface area (Å²) in [6, 6.07) is 3.60. The molecule has 0 atom stereocenters. The molecule has 0 bridgehead atoms. The highest BCUT2D eigenvalue weighted by Crippen LogP contribution is 2.19. The fourth-order valence-corrected chi connectivity index (χ4v) is 1.23. The number of nitrogens with one attached hydrogen (secondary N) is 1. The molecular formula is C10H6F2N2O. The largest absolute Gasteiger partial charge is 0.326 e. The summed E-state index contributed by atoms with van der Waals surface area (Å²) in [7, 11) is 0. The van der Waals surface area contributed by atoms with Crippen molar-refractivity contribution in [1.29, 1.82) is 0 Å². The lowest BCUT2D eigenvalue weighted by Crippen LogP contribution is -2.10. The Bertz CT molecular complexity index is 551. The number of benzene rings is 1. The van der Waals surface area contributed by atoms with E-state index in [2.05, 4.69) is 9.97 Å². The second-order valence-electron chi connectivity index (χ2n) is 2.87. The van der Waals surface area contributed by atoms with Gasteiger partial charge in [0.2, 0.25) is 0 Å². The summed E-state index contributed by atoms with van der Waals surface area (Å²) in [6.45, 7) is 0. The standard InChI is InChI=1S/C10H6F2N2O/c11-7-3-1-2-6(8(7)12)9-10(15)14-5-4-13-9/h1-5H,(H,14,15). The maximum atomic E-state index is 13.3. The number of halogens is 2. The van der Waals surface area contributed by atoms with Crippen molar-refractivity contribution < 1.29 is 8.78 Å². The first-order chi connectivity index (χ1) is 7.20. The zero-order valence-electron chi connectivity index (χ0n) is 7.50. The molecule has 0 spiro atoms. The van der Waals surface area contributed by atoms with Gasteiger partial charge in [-0.05, 0) is 12.1 Å². The van der Waals surface area contributed by atoms with Crippen LogP contribution in [0.3, 0.4) is 0 Å². The van der Waals surface area contributed by atoms with E-state index in [1.54, 1.807) is 0 Å². The van der Waals surface area contributed by atoms with Gasteiger partial charge in [0.1, 0.15) is 5.69 Å². The van der Waals surface area contributed by atoms with E-state index >= 15 is 0 Å². The molecular weight excluding hydrogens is 202 g/mol. The molecule has 0 aliphatic heterocycles. The van der Waals surface area contributed by atoms with Gasteiger partial charge in [0.15, 0.2) is 11.6 Å². The highest BCUT2D eigenvalue weighted by molar-refractivity contribution is 5.58. The molecule has 1 N–H and O–H groups in total. The summed E-state index contributed by atoms with van der Waals surface area (Å²) in [5.74, 6) is -2.07. The Labute approximate surface area is 83.4 Å². The van der Waals surface area contributed by atoms with Gasteiger partial charge in [-0.15, -0.1) is 0 Å². The van der Waals surface area contributed by atoms with Crippen LogP contribution in [0.2, 0.25) is 0 Å². The van der Waals surface area contributed by atoms with E-state index in [4.69, 9.17) is 0 Å². The lowest BCUT2D eigenvalue weighted by atomic mass is 10.1. The average molecular weight is 208 g/mol. The summed E-state index contributed by atoms with van der Waals surface area (Å²) < 4.78 is 26.2. The number of rotatable bonds is 1. The van der Waals surface area contributed by atoms with Crippen LogP contribution in [0.4, 0.5) is 8.78 Å². The third-order valence-corrected chi connectivity index (χ3v) is 1.91. The number of nitrogens with zero attached hydrogens (tertiary/aromatic N) is 1. The third-order valence-electron chi connectivity index (χ3n) is 1.91. The van der Waals surface area contributed by atoms with E-state index in [9.17, 15) is 13.6 Å². The molecule has 3 nitrogen and oxygen atoms in total. The molecule has 0 amide bonds. The van der Waals surface area contributed by atoms with Crippen molar-refractivity contribution in [2.75, 3.05) is 0 Å². The quantitative estimate of drug-likeness (QED) is 0.775. The molecule has 1 aromatic heterocycles. The third kappa shape index (κ3) is 1.63. The second kappa shape index (κ2) is 3.61. The molecule has 0 unspecified atom stereocenters. The number of aromatic amines is 1. The van der Waals surface area contributed by atoms with Crippen LogP contribution in [0, 0.1) is 11.6 Å². The molecule has 1 heterocycles. The maximum Gasteiger partial charge on any atom is 0.274 e. The Kier molecular flexibility index (Phi) is 2.29. The zero-order chi connectivity index (χ0) is 10.8. The monoisotopic (exact) mass is 208 g/mol. The minimum absolute atomic E-state index is 0.130. The molecule has 0 saturated heterocycles. The van der Waals surface area contributed by atoms with E-state index in [-0.39, 0.29) is 11.3 Å². The summed E-state index contributed by atoms with van der Waals surface area (Å²) in [4.78, 5) is 17.3. The smallest absolute Gasteiger partial charge is 0.274 e. The van der Waals surface area contributed by atoms with Crippen LogP contribution in [0.25, 0.3) is 11.3 Å². The zero-order valence-corrected chi connectivity index (χ0v) is 7.50. The number of hydrogen-bond acceptors (Lipinski definition) is 2. The van der Waals surface area contributed by atoms with Crippen molar-refractivity contribution in [3.63, 3.8) is 0 Å². The molecule has 15 heavy (non-hydrogen) atoms. The van der Waals surface area contributed by atoms with Crippen LogP contribution in [0.1, 0.15) is 0 Å². The summed E-state index contributed by atoms with van der Waals surface area (Å²) in [5, 5.41) is 0. The molecule has 5 heteroatoms. The molecule has 76 valence electrons. The van der Waals surface area contributed by atoms with Gasteiger partial charge < -0.3 is 4.98 Å². The molecule has 0 saturated carbocycles. The van der Waals surface area contributed by atoms with Gasteiger partial charge in [-0.3, -0.25) is 4.79 Å². The molecule has 0 aliphatic rings. The van der Waals surface area contributed by atoms with Gasteiger partial charge in [-0.25, -0.2) is 13.8 Å². The van der Waals surface area contributed by atoms with Crippen LogP contribution in [-0.2, 0) is 0 Å². The van der Waals surface area contributed by atoms with Gasteiger partial charge >= 0.3 is 0 Å². The van der Waals surface area contributed by atoms with Crippen LogP contribution in [0.15, 0.2) is 35.4 Å². The normalized spacial score (nSPS) is 10.3. The second-order valence-corrected chi connectivity index (χ2v) is 2.87. The number of hydrogen-bond donors (Lipinski definition) is 1. The van der Waals surface area contributed by atoms with Crippen molar-refractivity contribution in [1.82, 2.24) is 9.97 Å². The summed E-state index contributed by atoms with van der Waals surface area (Å²) >= 11 is 0. The fraction of sp³-hybridized carbons (Fsp3) is 0. The SMILES string of the molecule is O=c1[nH]ccnc1-c1cccc(F)c1F. The summed E-state index contributed by atoms with van der Waals surface area (Å²) in [5.41, 5.74) is -0.826. The molecule has 0 radical (unpaired) electrons. The Morgan fingerprint density at radius 3 is 2.80 bits per heavy atom. The Morgan fingerprint density at radius 1 is 1.27 bits per heavy atom. The number of aromatic nitrogens is 2. The van der Waals surface area contributed by atoms with Gasteiger partial charge in [-0.1, -0.05) is 6.07 Å². The topological polar surface area (TPSA) is 45.8 Å².